The van der Waals surface area contributed by atoms with Gasteiger partial charge in [0.25, 0.3) is 0 Å². The summed E-state index contributed by atoms with van der Waals surface area (Å²) in [4.78, 5) is 10.8. The van der Waals surface area contributed by atoms with Crippen LogP contribution in [0.15, 0.2) is 16.6 Å². The molecule has 0 saturated carbocycles. The zero-order valence-electron chi connectivity index (χ0n) is 8.45. The largest absolute Gasteiger partial charge is 0.493 e. The van der Waals surface area contributed by atoms with Gasteiger partial charge in [-0.3, -0.25) is 4.79 Å². The fraction of sp³-hybridized carbons (Fsp3) is 0.300. The Morgan fingerprint density at radius 1 is 1.40 bits per heavy atom. The third-order valence-electron chi connectivity index (χ3n) is 1.72. The minimum absolute atomic E-state index is 0.0683. The van der Waals surface area contributed by atoms with Crippen LogP contribution in [0.1, 0.15) is 10.4 Å². The van der Waals surface area contributed by atoms with Crippen molar-refractivity contribution in [2.75, 3.05) is 21.0 Å². The molecule has 0 amide bonds. The van der Waals surface area contributed by atoms with Crippen molar-refractivity contribution in [2.45, 2.75) is 0 Å². The van der Waals surface area contributed by atoms with E-state index in [4.69, 9.17) is 14.2 Å². The SMILES string of the molecule is COCOc1c(C=O)cc(Br)cc1OC. The van der Waals surface area contributed by atoms with Gasteiger partial charge in [0.15, 0.2) is 24.6 Å². The van der Waals surface area contributed by atoms with Crippen LogP contribution in [0.5, 0.6) is 11.5 Å². The average Bonchev–Trinajstić information content (AvgIpc) is 2.26. The van der Waals surface area contributed by atoms with Crippen LogP contribution in [-0.2, 0) is 4.74 Å². The number of halogens is 1. The highest BCUT2D eigenvalue weighted by atomic mass is 79.9. The molecular weight excluding hydrogens is 264 g/mol. The van der Waals surface area contributed by atoms with Crippen molar-refractivity contribution < 1.29 is 19.0 Å². The van der Waals surface area contributed by atoms with Crippen LogP contribution in [-0.4, -0.2) is 27.3 Å². The topological polar surface area (TPSA) is 44.8 Å². The third kappa shape index (κ3) is 2.94. The number of methoxy groups -OCH3 is 2. The zero-order valence-corrected chi connectivity index (χ0v) is 10.0. The first-order valence-corrected chi connectivity index (χ1v) is 4.96. The molecule has 15 heavy (non-hydrogen) atoms. The molecule has 0 atom stereocenters. The number of carbonyl (C=O) groups excluding carboxylic acids is 1. The summed E-state index contributed by atoms with van der Waals surface area (Å²) in [5.74, 6) is 0.876. The molecule has 0 radical (unpaired) electrons. The van der Waals surface area contributed by atoms with Crippen molar-refractivity contribution in [3.05, 3.63) is 22.2 Å². The lowest BCUT2D eigenvalue weighted by molar-refractivity contribution is 0.0485. The van der Waals surface area contributed by atoms with Crippen molar-refractivity contribution in [3.63, 3.8) is 0 Å². The highest BCUT2D eigenvalue weighted by Crippen LogP contribution is 2.33. The van der Waals surface area contributed by atoms with Crippen LogP contribution >= 0.6 is 15.9 Å². The molecule has 0 aromatic heterocycles. The van der Waals surface area contributed by atoms with Crippen LogP contribution in [0.4, 0.5) is 0 Å². The molecule has 0 fully saturated rings. The second-order valence-electron chi connectivity index (χ2n) is 2.70. The Morgan fingerprint density at radius 2 is 2.13 bits per heavy atom. The number of aldehydes is 1. The van der Waals surface area contributed by atoms with Gasteiger partial charge in [0, 0.05) is 11.6 Å². The normalized spacial score (nSPS) is 9.80. The third-order valence-corrected chi connectivity index (χ3v) is 2.17. The highest BCUT2D eigenvalue weighted by Gasteiger charge is 2.11. The molecule has 1 aromatic carbocycles. The van der Waals surface area contributed by atoms with Crippen LogP contribution in [0.25, 0.3) is 0 Å². The first kappa shape index (κ1) is 12.0. The zero-order chi connectivity index (χ0) is 11.3. The predicted molar refractivity (Wildman–Crippen MR) is 58.6 cm³/mol. The molecule has 4 nitrogen and oxygen atoms in total. The summed E-state index contributed by atoms with van der Waals surface area (Å²) in [5.41, 5.74) is 0.415. The summed E-state index contributed by atoms with van der Waals surface area (Å²) in [7, 11) is 3.02. The van der Waals surface area contributed by atoms with Gasteiger partial charge in [0.1, 0.15) is 0 Å². The minimum atomic E-state index is 0.0683. The molecule has 82 valence electrons. The molecule has 1 rings (SSSR count). The number of benzene rings is 1. The predicted octanol–water partition coefficient (Wildman–Crippen LogP) is 2.25. The fourth-order valence-electron chi connectivity index (χ4n) is 1.10. The van der Waals surface area contributed by atoms with Gasteiger partial charge < -0.3 is 14.2 Å². The second kappa shape index (κ2) is 5.72. The molecule has 0 unspecified atom stereocenters. The first-order chi connectivity index (χ1) is 7.22. The van der Waals surface area contributed by atoms with E-state index in [2.05, 4.69) is 15.9 Å². The molecule has 0 spiro atoms. The molecule has 0 aliphatic carbocycles. The van der Waals surface area contributed by atoms with Crippen molar-refractivity contribution in [3.8, 4) is 11.5 Å². The van der Waals surface area contributed by atoms with Crippen LogP contribution in [0.3, 0.4) is 0 Å². The Labute approximate surface area is 96.3 Å². The van der Waals surface area contributed by atoms with Gasteiger partial charge in [-0.25, -0.2) is 0 Å². The van der Waals surface area contributed by atoms with E-state index in [1.165, 1.54) is 14.2 Å². The lowest BCUT2D eigenvalue weighted by Gasteiger charge is -2.12. The van der Waals surface area contributed by atoms with Gasteiger partial charge in [0.05, 0.1) is 12.7 Å². The smallest absolute Gasteiger partial charge is 0.188 e. The van der Waals surface area contributed by atoms with Gasteiger partial charge in [-0.2, -0.15) is 0 Å². The summed E-state index contributed by atoms with van der Waals surface area (Å²) in [6.07, 6.45) is 0.707. The quantitative estimate of drug-likeness (QED) is 0.610. The van der Waals surface area contributed by atoms with Gasteiger partial charge in [-0.1, -0.05) is 15.9 Å². The maximum absolute atomic E-state index is 10.8. The van der Waals surface area contributed by atoms with Crippen molar-refractivity contribution in [1.82, 2.24) is 0 Å². The highest BCUT2D eigenvalue weighted by molar-refractivity contribution is 9.10. The fourth-order valence-corrected chi connectivity index (χ4v) is 1.55. The van der Waals surface area contributed by atoms with E-state index in [-0.39, 0.29) is 6.79 Å². The first-order valence-electron chi connectivity index (χ1n) is 4.17. The maximum Gasteiger partial charge on any atom is 0.188 e. The van der Waals surface area contributed by atoms with E-state index in [9.17, 15) is 4.79 Å². The van der Waals surface area contributed by atoms with Crippen molar-refractivity contribution in [2.24, 2.45) is 0 Å². The monoisotopic (exact) mass is 274 g/mol. The number of rotatable bonds is 5. The number of hydrogen-bond acceptors (Lipinski definition) is 4. The summed E-state index contributed by atoms with van der Waals surface area (Å²) < 4.78 is 15.9. The Hall–Kier alpha value is -1.07. The molecule has 0 N–H and O–H groups in total. The molecular formula is C10H11BrO4. The van der Waals surface area contributed by atoms with Gasteiger partial charge >= 0.3 is 0 Å². The maximum atomic E-state index is 10.8. The number of ether oxygens (including phenoxy) is 3. The summed E-state index contributed by atoms with van der Waals surface area (Å²) in [6, 6.07) is 3.37. The molecule has 0 saturated heterocycles. The Balaban J connectivity index is 3.12. The molecule has 5 heteroatoms. The standard InChI is InChI=1S/C10H11BrO4/c1-13-6-15-10-7(5-12)3-8(11)4-9(10)14-2/h3-5H,6H2,1-2H3. The van der Waals surface area contributed by atoms with Crippen LogP contribution in [0.2, 0.25) is 0 Å². The van der Waals surface area contributed by atoms with E-state index in [1.807, 2.05) is 0 Å². The van der Waals surface area contributed by atoms with Gasteiger partial charge in [-0.15, -0.1) is 0 Å². The van der Waals surface area contributed by atoms with E-state index in [1.54, 1.807) is 12.1 Å². The average molecular weight is 275 g/mol. The summed E-state index contributed by atoms with van der Waals surface area (Å²) in [6.45, 7) is 0.0683. The number of hydrogen-bond donors (Lipinski definition) is 0. The number of carbonyl (C=O) groups is 1. The second-order valence-corrected chi connectivity index (χ2v) is 3.61. The van der Waals surface area contributed by atoms with E-state index >= 15 is 0 Å². The summed E-state index contributed by atoms with van der Waals surface area (Å²) in [5, 5.41) is 0. The van der Waals surface area contributed by atoms with Crippen molar-refractivity contribution in [1.29, 1.82) is 0 Å². The van der Waals surface area contributed by atoms with E-state index in [0.29, 0.717) is 23.3 Å². The minimum Gasteiger partial charge on any atom is -0.493 e. The van der Waals surface area contributed by atoms with Crippen LogP contribution < -0.4 is 9.47 Å². The lowest BCUT2D eigenvalue weighted by atomic mass is 10.2. The lowest BCUT2D eigenvalue weighted by Crippen LogP contribution is -2.03. The Morgan fingerprint density at radius 3 is 2.67 bits per heavy atom. The molecule has 0 aliphatic rings. The van der Waals surface area contributed by atoms with E-state index < -0.39 is 0 Å². The molecule has 0 aliphatic heterocycles. The molecule has 1 aromatic rings. The summed E-state index contributed by atoms with van der Waals surface area (Å²) >= 11 is 3.27. The molecule has 0 heterocycles. The van der Waals surface area contributed by atoms with Gasteiger partial charge in [0.2, 0.25) is 0 Å². The Bertz CT molecular complexity index is 352. The van der Waals surface area contributed by atoms with E-state index in [0.717, 1.165) is 4.47 Å². The Kier molecular flexibility index (Phi) is 4.58. The van der Waals surface area contributed by atoms with Gasteiger partial charge in [-0.05, 0) is 12.1 Å². The van der Waals surface area contributed by atoms with Crippen LogP contribution in [0, 0.1) is 0 Å². The molecule has 0 bridgehead atoms. The van der Waals surface area contributed by atoms with Crippen molar-refractivity contribution >= 4 is 22.2 Å².